The van der Waals surface area contributed by atoms with E-state index in [1.807, 2.05) is 0 Å². The van der Waals surface area contributed by atoms with Crippen molar-refractivity contribution in [2.45, 2.75) is 0 Å². The first-order chi connectivity index (χ1) is 9.63. The zero-order chi connectivity index (χ0) is 14.1. The average molecular weight is 292 g/mol. The third kappa shape index (κ3) is 2.26. The normalized spacial score (nSPS) is 10.7. The zero-order valence-electron chi connectivity index (χ0n) is 9.78. The quantitative estimate of drug-likeness (QED) is 0.741. The largest absolute Gasteiger partial charge is 0.476 e. The monoisotopic (exact) mass is 291 g/mol. The predicted octanol–water partition coefficient (Wildman–Crippen LogP) is 2.76. The molecule has 20 heavy (non-hydrogen) atoms. The summed E-state index contributed by atoms with van der Waals surface area (Å²) in [7, 11) is 0. The van der Waals surface area contributed by atoms with Crippen molar-refractivity contribution in [1.82, 2.24) is 15.1 Å². The molecular formula is C12H6ClN3O4. The summed E-state index contributed by atoms with van der Waals surface area (Å²) in [5.41, 5.74) is 0.164. The molecule has 0 radical (unpaired) electrons. The molecule has 0 aliphatic rings. The molecule has 2 heterocycles. The molecule has 0 unspecified atom stereocenters. The lowest BCUT2D eigenvalue weighted by Gasteiger charge is -2.03. The Kier molecular flexibility index (Phi) is 2.96. The number of ether oxygens (including phenoxy) is 1. The molecule has 0 amide bonds. The van der Waals surface area contributed by atoms with E-state index in [4.69, 9.17) is 26.0 Å². The van der Waals surface area contributed by atoms with Crippen molar-refractivity contribution >= 4 is 28.5 Å². The predicted molar refractivity (Wildman–Crippen MR) is 68.1 cm³/mol. The van der Waals surface area contributed by atoms with Crippen LogP contribution < -0.4 is 4.74 Å². The van der Waals surface area contributed by atoms with E-state index in [1.165, 1.54) is 12.3 Å². The second-order valence-electron chi connectivity index (χ2n) is 3.76. The van der Waals surface area contributed by atoms with Gasteiger partial charge in [0.2, 0.25) is 11.2 Å². The fourth-order valence-corrected chi connectivity index (χ4v) is 1.77. The van der Waals surface area contributed by atoms with E-state index in [1.54, 1.807) is 18.2 Å². The molecule has 1 aromatic carbocycles. The van der Waals surface area contributed by atoms with Gasteiger partial charge < -0.3 is 14.4 Å². The van der Waals surface area contributed by atoms with E-state index >= 15 is 0 Å². The van der Waals surface area contributed by atoms with Gasteiger partial charge in [0.05, 0.1) is 5.39 Å². The second-order valence-corrected chi connectivity index (χ2v) is 4.10. The minimum atomic E-state index is -1.15. The highest BCUT2D eigenvalue weighted by Crippen LogP contribution is 2.26. The van der Waals surface area contributed by atoms with Gasteiger partial charge in [-0.1, -0.05) is 5.16 Å². The number of benzene rings is 1. The first-order valence-electron chi connectivity index (χ1n) is 5.42. The molecule has 100 valence electrons. The maximum Gasteiger partial charge on any atom is 0.358 e. The molecule has 0 saturated carbocycles. The fourth-order valence-electron chi connectivity index (χ4n) is 1.63. The second kappa shape index (κ2) is 4.78. The molecule has 0 atom stereocenters. The van der Waals surface area contributed by atoms with Crippen molar-refractivity contribution in [2.75, 3.05) is 0 Å². The molecule has 3 aromatic rings. The minimum absolute atomic E-state index is 0.0661. The summed E-state index contributed by atoms with van der Waals surface area (Å²) >= 11 is 5.65. The van der Waals surface area contributed by atoms with Gasteiger partial charge in [0.25, 0.3) is 0 Å². The van der Waals surface area contributed by atoms with E-state index in [2.05, 4.69) is 15.1 Å². The Bertz CT molecular complexity index is 802. The summed E-state index contributed by atoms with van der Waals surface area (Å²) in [6, 6.07) is 6.19. The SMILES string of the molecule is O=C(O)c1noc2cc(Oc3ccnc(Cl)n3)ccc12. The lowest BCUT2D eigenvalue weighted by Crippen LogP contribution is -1.96. The number of rotatable bonds is 3. The molecule has 1 N–H and O–H groups in total. The first kappa shape index (κ1) is 12.4. The van der Waals surface area contributed by atoms with Crippen molar-refractivity contribution < 1.29 is 19.2 Å². The van der Waals surface area contributed by atoms with Crippen LogP contribution in [0.5, 0.6) is 11.6 Å². The number of aromatic nitrogens is 3. The zero-order valence-corrected chi connectivity index (χ0v) is 10.5. The van der Waals surface area contributed by atoms with Crippen molar-refractivity contribution in [1.29, 1.82) is 0 Å². The summed E-state index contributed by atoms with van der Waals surface area (Å²) in [5.74, 6) is -0.470. The minimum Gasteiger partial charge on any atom is -0.476 e. The first-order valence-corrected chi connectivity index (χ1v) is 5.80. The van der Waals surface area contributed by atoms with Gasteiger partial charge >= 0.3 is 5.97 Å². The molecule has 3 rings (SSSR count). The van der Waals surface area contributed by atoms with Gasteiger partial charge in [-0.2, -0.15) is 4.98 Å². The van der Waals surface area contributed by atoms with E-state index in [0.717, 1.165) is 0 Å². The summed E-state index contributed by atoms with van der Waals surface area (Å²) in [5, 5.41) is 12.9. The van der Waals surface area contributed by atoms with Crippen molar-refractivity contribution in [3.05, 3.63) is 41.4 Å². The molecule has 8 heteroatoms. The molecule has 2 aromatic heterocycles. The number of carboxylic acids is 1. The van der Waals surface area contributed by atoms with Crippen LogP contribution in [-0.2, 0) is 0 Å². The Balaban J connectivity index is 1.95. The topological polar surface area (TPSA) is 98.3 Å². The lowest BCUT2D eigenvalue weighted by atomic mass is 10.2. The van der Waals surface area contributed by atoms with E-state index in [-0.39, 0.29) is 16.9 Å². The van der Waals surface area contributed by atoms with Crippen LogP contribution in [0.2, 0.25) is 5.28 Å². The van der Waals surface area contributed by atoms with Crippen LogP contribution in [0.1, 0.15) is 10.5 Å². The van der Waals surface area contributed by atoms with Crippen LogP contribution in [-0.4, -0.2) is 26.2 Å². The van der Waals surface area contributed by atoms with Crippen LogP contribution in [0.25, 0.3) is 11.0 Å². The molecule has 0 spiro atoms. The number of fused-ring (bicyclic) bond motifs is 1. The number of nitrogens with zero attached hydrogens (tertiary/aromatic N) is 3. The molecule has 0 aliphatic carbocycles. The number of aromatic carboxylic acids is 1. The molecule has 0 fully saturated rings. The Morgan fingerprint density at radius 3 is 2.95 bits per heavy atom. The molecule has 0 saturated heterocycles. The van der Waals surface area contributed by atoms with Crippen LogP contribution in [0.4, 0.5) is 0 Å². The maximum atomic E-state index is 10.9. The number of halogens is 1. The molecule has 0 aliphatic heterocycles. The Morgan fingerprint density at radius 1 is 1.35 bits per heavy atom. The van der Waals surface area contributed by atoms with Gasteiger partial charge in [0.1, 0.15) is 5.75 Å². The van der Waals surface area contributed by atoms with Crippen molar-refractivity contribution in [2.24, 2.45) is 0 Å². The van der Waals surface area contributed by atoms with Crippen LogP contribution in [0, 0.1) is 0 Å². The summed E-state index contributed by atoms with van der Waals surface area (Å²) in [6.45, 7) is 0. The molecular weight excluding hydrogens is 286 g/mol. The standard InChI is InChI=1S/C12H6ClN3O4/c13-12-14-4-3-9(15-12)19-6-1-2-7-8(5-6)20-16-10(7)11(17)18/h1-5H,(H,17,18). The number of carbonyl (C=O) groups is 1. The highest BCUT2D eigenvalue weighted by molar-refractivity contribution is 6.28. The van der Waals surface area contributed by atoms with Gasteiger partial charge in [-0.15, -0.1) is 0 Å². The summed E-state index contributed by atoms with van der Waals surface area (Å²) in [6.07, 6.45) is 1.46. The van der Waals surface area contributed by atoms with Gasteiger partial charge in [-0.3, -0.25) is 0 Å². The Hall–Kier alpha value is -2.67. The summed E-state index contributed by atoms with van der Waals surface area (Å²) in [4.78, 5) is 18.5. The van der Waals surface area contributed by atoms with Crippen LogP contribution in [0.3, 0.4) is 0 Å². The van der Waals surface area contributed by atoms with Crippen molar-refractivity contribution in [3.8, 4) is 11.6 Å². The molecule has 0 bridgehead atoms. The van der Waals surface area contributed by atoms with Crippen LogP contribution >= 0.6 is 11.6 Å². The number of hydrogen-bond acceptors (Lipinski definition) is 6. The summed E-state index contributed by atoms with van der Waals surface area (Å²) < 4.78 is 10.4. The third-order valence-electron chi connectivity index (χ3n) is 2.47. The number of hydrogen-bond donors (Lipinski definition) is 1. The van der Waals surface area contributed by atoms with Gasteiger partial charge in [-0.25, -0.2) is 9.78 Å². The van der Waals surface area contributed by atoms with Crippen LogP contribution in [0.15, 0.2) is 35.0 Å². The average Bonchev–Trinajstić information content (AvgIpc) is 2.82. The Labute approximate surface area is 116 Å². The van der Waals surface area contributed by atoms with Gasteiger partial charge in [0, 0.05) is 18.3 Å². The lowest BCUT2D eigenvalue weighted by molar-refractivity contribution is 0.0688. The molecule has 7 nitrogen and oxygen atoms in total. The van der Waals surface area contributed by atoms with E-state index in [9.17, 15) is 4.79 Å². The van der Waals surface area contributed by atoms with Gasteiger partial charge in [-0.05, 0) is 23.7 Å². The van der Waals surface area contributed by atoms with Crippen molar-refractivity contribution in [3.63, 3.8) is 0 Å². The highest BCUT2D eigenvalue weighted by Gasteiger charge is 2.15. The van der Waals surface area contributed by atoms with E-state index in [0.29, 0.717) is 16.7 Å². The smallest absolute Gasteiger partial charge is 0.358 e. The number of carboxylic acid groups (broad SMARTS) is 1. The maximum absolute atomic E-state index is 10.9. The third-order valence-corrected chi connectivity index (χ3v) is 2.65. The van der Waals surface area contributed by atoms with E-state index < -0.39 is 5.97 Å². The Morgan fingerprint density at radius 2 is 2.20 bits per heavy atom. The highest BCUT2D eigenvalue weighted by atomic mass is 35.5. The van der Waals surface area contributed by atoms with Gasteiger partial charge in [0.15, 0.2) is 11.3 Å². The fraction of sp³-hybridized carbons (Fsp3) is 0.